The van der Waals surface area contributed by atoms with Gasteiger partial charge in [0, 0.05) is 17.6 Å². The quantitative estimate of drug-likeness (QED) is 0.357. The average molecular weight is 346 g/mol. The van der Waals surface area contributed by atoms with Gasteiger partial charge in [-0.05, 0) is 42.7 Å². The molecular weight excluding hydrogens is 324 g/mol. The third-order valence-corrected chi connectivity index (χ3v) is 5.74. The number of carbonyl (C=O) groups excluding carboxylic acids is 2. The van der Waals surface area contributed by atoms with Gasteiger partial charge in [-0.3, -0.25) is 0 Å². The van der Waals surface area contributed by atoms with E-state index in [2.05, 4.69) is 13.8 Å². The molecular formula is C19H22O6. The molecule has 0 aromatic rings. The number of fused-ring (bicyclic) bond motifs is 2. The summed E-state index contributed by atoms with van der Waals surface area (Å²) < 4.78 is 16.1. The molecule has 25 heavy (non-hydrogen) atoms. The van der Waals surface area contributed by atoms with Gasteiger partial charge in [-0.25, -0.2) is 9.59 Å². The van der Waals surface area contributed by atoms with Crippen molar-refractivity contribution < 1.29 is 28.9 Å². The second-order valence-corrected chi connectivity index (χ2v) is 7.85. The Kier molecular flexibility index (Phi) is 3.58. The lowest BCUT2D eigenvalue weighted by atomic mass is 9.71. The highest BCUT2D eigenvalue weighted by Crippen LogP contribution is 2.54. The molecule has 0 spiro atoms. The zero-order valence-corrected chi connectivity index (χ0v) is 14.6. The van der Waals surface area contributed by atoms with E-state index in [1.54, 1.807) is 13.0 Å². The molecule has 4 aliphatic rings. The molecule has 2 aliphatic carbocycles. The fraction of sp³-hybridized carbons (Fsp3) is 0.579. The van der Waals surface area contributed by atoms with E-state index in [0.717, 1.165) is 24.0 Å². The lowest BCUT2D eigenvalue weighted by Crippen LogP contribution is -2.31. The lowest BCUT2D eigenvalue weighted by Gasteiger charge is -2.36. The SMILES string of the molecule is CC1=C[C@H](O/C=C2/C(=O)O[C@@H]3C4=C(C[C@H]23)[C@H](O)CCC4(C)C)OC1=O. The van der Waals surface area contributed by atoms with Crippen molar-refractivity contribution in [3.63, 3.8) is 0 Å². The summed E-state index contributed by atoms with van der Waals surface area (Å²) in [6, 6.07) is 0. The van der Waals surface area contributed by atoms with Crippen LogP contribution >= 0.6 is 0 Å². The predicted molar refractivity (Wildman–Crippen MR) is 86.8 cm³/mol. The maximum absolute atomic E-state index is 12.3. The van der Waals surface area contributed by atoms with Crippen LogP contribution in [0, 0.1) is 11.3 Å². The molecule has 0 radical (unpaired) electrons. The summed E-state index contributed by atoms with van der Waals surface area (Å²) in [7, 11) is 0. The number of aliphatic hydroxyl groups is 1. The highest BCUT2D eigenvalue weighted by Gasteiger charge is 2.53. The fourth-order valence-electron chi connectivity index (χ4n) is 4.38. The minimum absolute atomic E-state index is 0.0919. The van der Waals surface area contributed by atoms with E-state index in [0.29, 0.717) is 17.6 Å². The van der Waals surface area contributed by atoms with Crippen LogP contribution in [-0.4, -0.2) is 35.5 Å². The minimum Gasteiger partial charge on any atom is -0.458 e. The summed E-state index contributed by atoms with van der Waals surface area (Å²) >= 11 is 0. The first kappa shape index (κ1) is 16.4. The minimum atomic E-state index is -0.808. The first-order valence-corrected chi connectivity index (χ1v) is 8.65. The van der Waals surface area contributed by atoms with Crippen molar-refractivity contribution in [2.45, 2.75) is 58.5 Å². The van der Waals surface area contributed by atoms with E-state index >= 15 is 0 Å². The van der Waals surface area contributed by atoms with Gasteiger partial charge < -0.3 is 19.3 Å². The second kappa shape index (κ2) is 5.46. The van der Waals surface area contributed by atoms with Gasteiger partial charge in [-0.1, -0.05) is 13.8 Å². The summed E-state index contributed by atoms with van der Waals surface area (Å²) in [6.45, 7) is 5.92. The van der Waals surface area contributed by atoms with Crippen LogP contribution in [0.25, 0.3) is 0 Å². The van der Waals surface area contributed by atoms with Gasteiger partial charge in [-0.2, -0.15) is 0 Å². The summed E-state index contributed by atoms with van der Waals surface area (Å²) in [6.07, 6.45) is 3.53. The average Bonchev–Trinajstić information content (AvgIpc) is 3.15. The van der Waals surface area contributed by atoms with Crippen molar-refractivity contribution in [1.29, 1.82) is 0 Å². The highest BCUT2D eigenvalue weighted by atomic mass is 16.7. The van der Waals surface area contributed by atoms with Crippen molar-refractivity contribution in [2.75, 3.05) is 0 Å². The maximum atomic E-state index is 12.3. The van der Waals surface area contributed by atoms with Gasteiger partial charge in [-0.15, -0.1) is 0 Å². The Balaban J connectivity index is 1.57. The zero-order chi connectivity index (χ0) is 17.9. The van der Waals surface area contributed by atoms with Crippen LogP contribution in [0.3, 0.4) is 0 Å². The molecule has 4 atom stereocenters. The molecule has 0 unspecified atom stereocenters. The topological polar surface area (TPSA) is 82.1 Å². The van der Waals surface area contributed by atoms with Crippen LogP contribution in [0.1, 0.15) is 40.0 Å². The maximum Gasteiger partial charge on any atom is 0.338 e. The van der Waals surface area contributed by atoms with Crippen molar-refractivity contribution in [2.24, 2.45) is 11.3 Å². The van der Waals surface area contributed by atoms with Crippen LogP contribution in [0.4, 0.5) is 0 Å². The third kappa shape index (κ3) is 2.51. The molecule has 0 amide bonds. The van der Waals surface area contributed by atoms with Crippen molar-refractivity contribution in [1.82, 2.24) is 0 Å². The predicted octanol–water partition coefficient (Wildman–Crippen LogP) is 2.14. The molecule has 1 saturated heterocycles. The molecule has 134 valence electrons. The first-order valence-electron chi connectivity index (χ1n) is 8.65. The Bertz CT molecular complexity index is 741. The smallest absolute Gasteiger partial charge is 0.338 e. The zero-order valence-electron chi connectivity index (χ0n) is 14.6. The van der Waals surface area contributed by atoms with Crippen LogP contribution in [0.5, 0.6) is 0 Å². The van der Waals surface area contributed by atoms with E-state index < -0.39 is 24.3 Å². The van der Waals surface area contributed by atoms with E-state index in [1.165, 1.54) is 6.26 Å². The van der Waals surface area contributed by atoms with E-state index in [4.69, 9.17) is 14.2 Å². The molecule has 1 fully saturated rings. The van der Waals surface area contributed by atoms with Gasteiger partial charge in [0.05, 0.1) is 17.9 Å². The van der Waals surface area contributed by atoms with Crippen molar-refractivity contribution in [3.8, 4) is 0 Å². The Labute approximate surface area is 146 Å². The molecule has 0 aromatic carbocycles. The third-order valence-electron chi connectivity index (χ3n) is 5.74. The Morgan fingerprint density at radius 2 is 2.04 bits per heavy atom. The molecule has 0 bridgehead atoms. The number of aliphatic hydroxyl groups excluding tert-OH is 1. The van der Waals surface area contributed by atoms with Gasteiger partial charge >= 0.3 is 11.9 Å². The van der Waals surface area contributed by atoms with Crippen LogP contribution in [0.2, 0.25) is 0 Å². The number of rotatable bonds is 2. The number of carbonyl (C=O) groups is 2. The Hall–Kier alpha value is -2.08. The van der Waals surface area contributed by atoms with Crippen molar-refractivity contribution >= 4 is 11.9 Å². The molecule has 6 nitrogen and oxygen atoms in total. The number of hydrogen-bond acceptors (Lipinski definition) is 6. The van der Waals surface area contributed by atoms with Crippen LogP contribution in [0.15, 0.2) is 34.6 Å². The van der Waals surface area contributed by atoms with Gasteiger partial charge in [0.2, 0.25) is 0 Å². The van der Waals surface area contributed by atoms with E-state index in [-0.39, 0.29) is 17.4 Å². The number of esters is 2. The normalized spacial score (nSPS) is 37.6. The van der Waals surface area contributed by atoms with E-state index in [1.807, 2.05) is 0 Å². The number of ether oxygens (including phenoxy) is 3. The highest BCUT2D eigenvalue weighted by molar-refractivity contribution is 5.92. The lowest BCUT2D eigenvalue weighted by molar-refractivity contribution is -0.152. The summed E-state index contributed by atoms with van der Waals surface area (Å²) in [5, 5.41) is 10.4. The van der Waals surface area contributed by atoms with E-state index in [9.17, 15) is 14.7 Å². The summed E-state index contributed by atoms with van der Waals surface area (Å²) in [5.41, 5.74) is 2.91. The van der Waals surface area contributed by atoms with Gasteiger partial charge in [0.25, 0.3) is 6.29 Å². The Morgan fingerprint density at radius 3 is 2.72 bits per heavy atom. The van der Waals surface area contributed by atoms with Gasteiger partial charge in [0.15, 0.2) is 0 Å². The van der Waals surface area contributed by atoms with Crippen molar-refractivity contribution in [3.05, 3.63) is 34.6 Å². The molecule has 4 rings (SSSR count). The molecule has 6 heteroatoms. The van der Waals surface area contributed by atoms with Crippen LogP contribution < -0.4 is 0 Å². The molecule has 1 N–H and O–H groups in total. The second-order valence-electron chi connectivity index (χ2n) is 7.85. The van der Waals surface area contributed by atoms with Crippen LogP contribution in [-0.2, 0) is 23.8 Å². The Morgan fingerprint density at radius 1 is 1.28 bits per heavy atom. The fourth-order valence-corrected chi connectivity index (χ4v) is 4.38. The molecule has 0 aromatic heterocycles. The largest absolute Gasteiger partial charge is 0.458 e. The monoisotopic (exact) mass is 346 g/mol. The number of hydrogen-bond donors (Lipinski definition) is 1. The summed E-state index contributed by atoms with van der Waals surface area (Å²) in [5.74, 6) is -0.965. The number of cyclic esters (lactones) is 1. The molecule has 2 heterocycles. The van der Waals surface area contributed by atoms with Gasteiger partial charge in [0.1, 0.15) is 6.10 Å². The first-order chi connectivity index (χ1) is 11.8. The molecule has 2 aliphatic heterocycles. The standard InChI is InChI=1S/C19H22O6/c1-9-6-14(24-17(9)21)23-8-12-10-7-11-13(20)4-5-19(2,3)15(11)16(10)25-18(12)22/h6,8,10,13-14,16,20H,4-5,7H2,1-3H3/b12-8+/t10-,13-,14-,16+/m1/s1. The molecule has 0 saturated carbocycles. The summed E-state index contributed by atoms with van der Waals surface area (Å²) in [4.78, 5) is 23.7.